The van der Waals surface area contributed by atoms with Gasteiger partial charge in [-0.15, -0.1) is 0 Å². The van der Waals surface area contributed by atoms with Gasteiger partial charge in [0.2, 0.25) is 0 Å². The maximum absolute atomic E-state index is 15.1. The number of allylic oxidation sites excluding steroid dienone is 1. The van der Waals surface area contributed by atoms with Crippen molar-refractivity contribution in [2.45, 2.75) is 57.8 Å². The van der Waals surface area contributed by atoms with E-state index < -0.39 is 35.1 Å². The minimum Gasteiger partial charge on any atom is -0.496 e. The molecule has 44 heavy (non-hydrogen) atoms. The van der Waals surface area contributed by atoms with Gasteiger partial charge >= 0.3 is 11.9 Å². The zero-order chi connectivity index (χ0) is 31.0. The molecule has 3 aromatic rings. The summed E-state index contributed by atoms with van der Waals surface area (Å²) in [6.45, 7) is 2.07. The molecule has 6 rings (SSSR count). The lowest BCUT2D eigenvalue weighted by Crippen LogP contribution is -2.45. The van der Waals surface area contributed by atoms with Crippen LogP contribution in [0.1, 0.15) is 54.9 Å². The fourth-order valence-corrected chi connectivity index (χ4v) is 7.02. The zero-order valence-corrected chi connectivity index (χ0v) is 24.8. The normalized spacial score (nSPS) is 27.2. The number of methoxy groups -OCH3 is 1. The van der Waals surface area contributed by atoms with E-state index in [0.29, 0.717) is 32.1 Å². The van der Waals surface area contributed by atoms with Gasteiger partial charge in [0.1, 0.15) is 12.4 Å². The van der Waals surface area contributed by atoms with E-state index in [-0.39, 0.29) is 47.6 Å². The Kier molecular flexibility index (Phi) is 8.05. The Morgan fingerprint density at radius 2 is 1.73 bits per heavy atom. The van der Waals surface area contributed by atoms with Crippen molar-refractivity contribution < 1.29 is 38.1 Å². The van der Waals surface area contributed by atoms with Gasteiger partial charge in [0.15, 0.2) is 11.6 Å². The summed E-state index contributed by atoms with van der Waals surface area (Å²) in [4.78, 5) is 38.4. The molecule has 0 spiro atoms. The van der Waals surface area contributed by atoms with Crippen molar-refractivity contribution in [3.63, 3.8) is 0 Å². The predicted molar refractivity (Wildman–Crippen MR) is 161 cm³/mol. The second-order valence-corrected chi connectivity index (χ2v) is 12.4. The second kappa shape index (κ2) is 11.9. The molecule has 2 fully saturated rings. The number of aliphatic carboxylic acids is 1. The SMILES string of the molecule is COc1cc(F)c(O[C@H]2CC[C@@](C)(C(=O)OCc3cccc4ccccc34)CC2)cc1C(=O)N[C@H]1[C@@H](C(=O)O)[C@@H]2C=C[C@H]1C2. The van der Waals surface area contributed by atoms with Crippen LogP contribution in [0.25, 0.3) is 10.8 Å². The molecular weight excluding hydrogens is 565 g/mol. The molecule has 3 aliphatic rings. The molecule has 3 aliphatic carbocycles. The van der Waals surface area contributed by atoms with Crippen LogP contribution >= 0.6 is 0 Å². The van der Waals surface area contributed by atoms with Crippen LogP contribution in [0.15, 0.2) is 66.7 Å². The number of carboxylic acids is 1. The lowest BCUT2D eigenvalue weighted by molar-refractivity contribution is -0.159. The molecule has 2 bridgehead atoms. The maximum atomic E-state index is 15.1. The molecule has 0 radical (unpaired) electrons. The lowest BCUT2D eigenvalue weighted by Gasteiger charge is -2.35. The zero-order valence-electron chi connectivity index (χ0n) is 24.8. The first-order valence-electron chi connectivity index (χ1n) is 15.1. The summed E-state index contributed by atoms with van der Waals surface area (Å²) < 4.78 is 32.2. The molecule has 0 unspecified atom stereocenters. The lowest BCUT2D eigenvalue weighted by atomic mass is 9.74. The Balaban J connectivity index is 1.09. The molecule has 3 aromatic carbocycles. The number of carbonyl (C=O) groups excluding carboxylic acids is 2. The van der Waals surface area contributed by atoms with Crippen LogP contribution in [0.5, 0.6) is 11.5 Å². The number of halogens is 1. The number of carboxylic acid groups (broad SMARTS) is 1. The number of hydrogen-bond donors (Lipinski definition) is 2. The van der Waals surface area contributed by atoms with Crippen molar-refractivity contribution in [2.75, 3.05) is 7.11 Å². The van der Waals surface area contributed by atoms with Crippen LogP contribution in [0, 0.1) is 29.0 Å². The molecule has 1 amide bonds. The van der Waals surface area contributed by atoms with E-state index in [1.54, 1.807) is 0 Å². The van der Waals surface area contributed by atoms with E-state index in [2.05, 4.69) is 5.32 Å². The summed E-state index contributed by atoms with van der Waals surface area (Å²) in [5.74, 6) is -3.41. The Hall–Kier alpha value is -4.40. The summed E-state index contributed by atoms with van der Waals surface area (Å²) in [5, 5.41) is 14.7. The highest BCUT2D eigenvalue weighted by molar-refractivity contribution is 5.98. The number of carbonyl (C=O) groups is 3. The second-order valence-electron chi connectivity index (χ2n) is 12.4. The number of ether oxygens (including phenoxy) is 3. The molecule has 0 aliphatic heterocycles. The Morgan fingerprint density at radius 1 is 1.00 bits per heavy atom. The summed E-state index contributed by atoms with van der Waals surface area (Å²) in [7, 11) is 1.34. The minimum atomic E-state index is -0.955. The number of amides is 1. The Labute approximate surface area is 255 Å². The van der Waals surface area contributed by atoms with Crippen molar-refractivity contribution in [1.29, 1.82) is 0 Å². The minimum absolute atomic E-state index is 0.0306. The fraction of sp³-hybridized carbons (Fsp3) is 0.400. The number of benzene rings is 3. The quantitative estimate of drug-likeness (QED) is 0.226. The average Bonchev–Trinajstić information content (AvgIpc) is 3.64. The standard InChI is InChI=1S/C35H36FNO7/c1-35(34(41)43-19-23-8-5-7-20-6-3-4-9-25(20)23)14-12-24(13-15-35)44-29-17-26(28(42-2)18-27(29)36)32(38)37-31-22-11-10-21(16-22)30(31)33(39)40/h3-11,17-18,21-22,24,30-31H,12-16,19H2,1-2H3,(H,37,38)(H,39,40)/t21-,22+,24-,30+,31-,35+/m1/s1. The third kappa shape index (κ3) is 5.63. The Bertz CT molecular complexity index is 1620. The topological polar surface area (TPSA) is 111 Å². The number of fused-ring (bicyclic) bond motifs is 3. The van der Waals surface area contributed by atoms with E-state index in [1.807, 2.05) is 61.5 Å². The number of nitrogens with one attached hydrogen (secondary N) is 1. The van der Waals surface area contributed by atoms with Crippen molar-refractivity contribution in [3.05, 3.63) is 83.7 Å². The van der Waals surface area contributed by atoms with Crippen LogP contribution in [0.4, 0.5) is 4.39 Å². The van der Waals surface area contributed by atoms with E-state index in [0.717, 1.165) is 22.4 Å². The first-order valence-corrected chi connectivity index (χ1v) is 15.1. The highest BCUT2D eigenvalue weighted by atomic mass is 19.1. The van der Waals surface area contributed by atoms with Crippen molar-refractivity contribution >= 4 is 28.6 Å². The average molecular weight is 602 g/mol. The van der Waals surface area contributed by atoms with Crippen molar-refractivity contribution in [1.82, 2.24) is 5.32 Å². The van der Waals surface area contributed by atoms with Crippen LogP contribution in [-0.2, 0) is 20.9 Å². The third-order valence-corrected chi connectivity index (χ3v) is 9.60. The van der Waals surface area contributed by atoms with E-state index in [9.17, 15) is 19.5 Å². The molecule has 9 heteroatoms. The summed E-state index contributed by atoms with van der Waals surface area (Å²) in [6, 6.07) is 15.8. The van der Waals surface area contributed by atoms with Crippen LogP contribution in [0.2, 0.25) is 0 Å². The number of hydrogen-bond acceptors (Lipinski definition) is 6. The first kappa shape index (κ1) is 29.7. The van der Waals surface area contributed by atoms with Gasteiger partial charge in [0.05, 0.1) is 30.1 Å². The van der Waals surface area contributed by atoms with Gasteiger partial charge in [0.25, 0.3) is 5.91 Å². The monoisotopic (exact) mass is 601 g/mol. The maximum Gasteiger partial charge on any atom is 0.312 e. The van der Waals surface area contributed by atoms with Crippen LogP contribution < -0.4 is 14.8 Å². The van der Waals surface area contributed by atoms with Crippen LogP contribution in [0.3, 0.4) is 0 Å². The summed E-state index contributed by atoms with van der Waals surface area (Å²) in [5.41, 5.74) is 0.323. The highest BCUT2D eigenvalue weighted by Gasteiger charge is 2.49. The molecule has 8 nitrogen and oxygen atoms in total. The summed E-state index contributed by atoms with van der Waals surface area (Å²) >= 11 is 0. The smallest absolute Gasteiger partial charge is 0.312 e. The van der Waals surface area contributed by atoms with Crippen molar-refractivity contribution in [2.24, 2.45) is 23.2 Å². The largest absolute Gasteiger partial charge is 0.496 e. The van der Waals surface area contributed by atoms with Gasteiger partial charge in [-0.05, 0) is 73.3 Å². The molecule has 0 saturated heterocycles. The number of rotatable bonds is 9. The van der Waals surface area contributed by atoms with Gasteiger partial charge < -0.3 is 24.6 Å². The molecule has 4 atom stereocenters. The predicted octanol–water partition coefficient (Wildman–Crippen LogP) is 6.06. The fourth-order valence-electron chi connectivity index (χ4n) is 7.02. The number of esters is 1. The van der Waals surface area contributed by atoms with Gasteiger partial charge in [-0.3, -0.25) is 14.4 Å². The molecule has 230 valence electrons. The molecule has 0 heterocycles. The highest BCUT2D eigenvalue weighted by Crippen LogP contribution is 2.44. The van der Waals surface area contributed by atoms with Gasteiger partial charge in [-0.1, -0.05) is 54.6 Å². The van der Waals surface area contributed by atoms with E-state index >= 15 is 4.39 Å². The molecular formula is C35H36FNO7. The third-order valence-electron chi connectivity index (χ3n) is 9.60. The summed E-state index contributed by atoms with van der Waals surface area (Å²) in [6.07, 6.45) is 6.18. The van der Waals surface area contributed by atoms with Crippen LogP contribution in [-0.4, -0.2) is 42.2 Å². The molecule has 2 N–H and O–H groups in total. The van der Waals surface area contributed by atoms with Gasteiger partial charge in [-0.2, -0.15) is 0 Å². The van der Waals surface area contributed by atoms with Gasteiger partial charge in [0, 0.05) is 12.1 Å². The molecule has 0 aromatic heterocycles. The van der Waals surface area contributed by atoms with Crippen molar-refractivity contribution in [3.8, 4) is 11.5 Å². The van der Waals surface area contributed by atoms with E-state index in [4.69, 9.17) is 14.2 Å². The van der Waals surface area contributed by atoms with Gasteiger partial charge in [-0.25, -0.2) is 4.39 Å². The Morgan fingerprint density at radius 3 is 2.48 bits per heavy atom. The van der Waals surface area contributed by atoms with E-state index in [1.165, 1.54) is 13.2 Å². The molecule has 2 saturated carbocycles. The first-order chi connectivity index (χ1) is 21.2.